The maximum absolute atomic E-state index is 11.7. The van der Waals surface area contributed by atoms with Gasteiger partial charge in [0.05, 0.1) is 18.3 Å². The van der Waals surface area contributed by atoms with E-state index in [0.717, 1.165) is 10.7 Å². The predicted molar refractivity (Wildman–Crippen MR) is 77.0 cm³/mol. The van der Waals surface area contributed by atoms with Crippen LogP contribution in [0.2, 0.25) is 0 Å². The molecule has 1 aromatic rings. The first kappa shape index (κ1) is 14.5. The van der Waals surface area contributed by atoms with Crippen molar-refractivity contribution in [1.29, 1.82) is 0 Å². The van der Waals surface area contributed by atoms with Gasteiger partial charge in [-0.05, 0) is 19.4 Å². The lowest BCUT2D eigenvalue weighted by molar-refractivity contribution is -0.138. The number of cyclic esters (lactones) is 1. The minimum atomic E-state index is -0.405. The number of carbonyl (C=O) groups is 2. The molecule has 0 saturated carbocycles. The van der Waals surface area contributed by atoms with Gasteiger partial charge in [0, 0.05) is 17.9 Å². The van der Waals surface area contributed by atoms with Gasteiger partial charge in [0.1, 0.15) is 5.01 Å². The fraction of sp³-hybridized carbons (Fsp3) is 0.357. The Kier molecular flexibility index (Phi) is 5.06. The average Bonchev–Trinajstić information content (AvgIpc) is 2.87. The Morgan fingerprint density at radius 2 is 2.15 bits per heavy atom. The molecule has 106 valence electrons. The number of thiazole rings is 1. The van der Waals surface area contributed by atoms with Gasteiger partial charge >= 0.3 is 5.97 Å². The minimum absolute atomic E-state index is 0.0637. The van der Waals surface area contributed by atoms with E-state index in [1.54, 1.807) is 18.2 Å². The predicted octanol–water partition coefficient (Wildman–Crippen LogP) is 2.23. The lowest BCUT2D eigenvalue weighted by atomic mass is 10.2. The number of nitrogens with zero attached hydrogens (tertiary/aromatic N) is 1. The van der Waals surface area contributed by atoms with Crippen LogP contribution < -0.4 is 5.32 Å². The summed E-state index contributed by atoms with van der Waals surface area (Å²) in [6.45, 7) is 2.15. The molecule has 1 unspecified atom stereocenters. The lowest BCUT2D eigenvalue weighted by Gasteiger charge is -2.11. The molecule has 0 radical (unpaired) electrons. The Balaban J connectivity index is 2.14. The summed E-state index contributed by atoms with van der Waals surface area (Å²) in [5, 5.41) is 5.66. The van der Waals surface area contributed by atoms with E-state index in [9.17, 15) is 9.59 Å². The molecular weight excluding hydrogens is 276 g/mol. The number of ether oxygens (including phenoxy) is 1. The van der Waals surface area contributed by atoms with Gasteiger partial charge in [-0.15, -0.1) is 11.3 Å². The van der Waals surface area contributed by atoms with Crippen LogP contribution >= 0.6 is 11.3 Å². The number of esters is 1. The number of allylic oxidation sites excluding steroid dienone is 2. The highest BCUT2D eigenvalue weighted by Crippen LogP contribution is 2.19. The summed E-state index contributed by atoms with van der Waals surface area (Å²) in [7, 11) is 0. The minimum Gasteiger partial charge on any atom is -0.463 e. The maximum atomic E-state index is 11.7. The van der Waals surface area contributed by atoms with Crippen LogP contribution in [-0.2, 0) is 14.3 Å². The van der Waals surface area contributed by atoms with E-state index in [0.29, 0.717) is 12.8 Å². The molecule has 0 aliphatic carbocycles. The van der Waals surface area contributed by atoms with Crippen molar-refractivity contribution < 1.29 is 14.3 Å². The van der Waals surface area contributed by atoms with Gasteiger partial charge < -0.3 is 10.1 Å². The summed E-state index contributed by atoms with van der Waals surface area (Å²) in [4.78, 5) is 27.5. The van der Waals surface area contributed by atoms with Crippen molar-refractivity contribution in [2.45, 2.75) is 25.8 Å². The Morgan fingerprint density at radius 3 is 3.00 bits per heavy atom. The second-order valence-electron chi connectivity index (χ2n) is 4.39. The van der Waals surface area contributed by atoms with Crippen molar-refractivity contribution in [2.75, 3.05) is 6.61 Å². The van der Waals surface area contributed by atoms with E-state index in [1.807, 2.05) is 12.3 Å². The highest BCUT2D eigenvalue weighted by atomic mass is 32.1. The Hall–Kier alpha value is -1.95. The second kappa shape index (κ2) is 7.00. The molecule has 6 heteroatoms. The first-order chi connectivity index (χ1) is 9.65. The topological polar surface area (TPSA) is 68.3 Å². The molecule has 1 aliphatic rings. The molecule has 1 aromatic heterocycles. The van der Waals surface area contributed by atoms with E-state index in [1.165, 1.54) is 17.4 Å². The van der Waals surface area contributed by atoms with E-state index in [4.69, 9.17) is 4.74 Å². The number of aromatic nitrogens is 1. The van der Waals surface area contributed by atoms with Crippen LogP contribution in [0.5, 0.6) is 0 Å². The second-order valence-corrected chi connectivity index (χ2v) is 5.28. The van der Waals surface area contributed by atoms with Crippen LogP contribution in [0.4, 0.5) is 0 Å². The van der Waals surface area contributed by atoms with Gasteiger partial charge in [-0.25, -0.2) is 9.78 Å². The smallest absolute Gasteiger partial charge is 0.330 e. The van der Waals surface area contributed by atoms with Crippen molar-refractivity contribution in [1.82, 2.24) is 10.3 Å². The molecule has 2 rings (SSSR count). The van der Waals surface area contributed by atoms with Gasteiger partial charge in [0.25, 0.3) is 0 Å². The standard InChI is InChI=1S/C14H16N2O3S/c1-10-14-16-11(9-20-14)5-2-3-7-13(18)19-8-4-6-12(17)15-10/h2-3,5,7,9-10H,4,6,8H2,1H3,(H,15,17)/b5-2-,7-3+. The number of fused-ring (bicyclic) bond motifs is 2. The Labute approximate surface area is 121 Å². The molecule has 0 spiro atoms. The largest absolute Gasteiger partial charge is 0.463 e. The monoisotopic (exact) mass is 292 g/mol. The Morgan fingerprint density at radius 1 is 1.35 bits per heavy atom. The van der Waals surface area contributed by atoms with Gasteiger partial charge in [-0.2, -0.15) is 0 Å². The lowest BCUT2D eigenvalue weighted by Crippen LogP contribution is -2.26. The molecule has 1 N–H and O–H groups in total. The quantitative estimate of drug-likeness (QED) is 0.745. The zero-order valence-electron chi connectivity index (χ0n) is 11.2. The van der Waals surface area contributed by atoms with Crippen molar-refractivity contribution >= 4 is 29.3 Å². The van der Waals surface area contributed by atoms with E-state index >= 15 is 0 Å². The molecule has 1 amide bonds. The van der Waals surface area contributed by atoms with Crippen molar-refractivity contribution in [3.63, 3.8) is 0 Å². The van der Waals surface area contributed by atoms with E-state index in [-0.39, 0.29) is 18.6 Å². The van der Waals surface area contributed by atoms with Crippen LogP contribution in [0, 0.1) is 0 Å². The summed E-state index contributed by atoms with van der Waals surface area (Å²) in [5.74, 6) is -0.469. The number of hydrogen-bond acceptors (Lipinski definition) is 5. The van der Waals surface area contributed by atoms with Crippen molar-refractivity contribution in [2.24, 2.45) is 0 Å². The first-order valence-corrected chi connectivity index (χ1v) is 7.29. The number of hydrogen-bond donors (Lipinski definition) is 1. The van der Waals surface area contributed by atoms with Crippen LogP contribution in [0.15, 0.2) is 23.6 Å². The van der Waals surface area contributed by atoms with Crippen LogP contribution in [0.3, 0.4) is 0 Å². The highest BCUT2D eigenvalue weighted by Gasteiger charge is 2.13. The molecule has 5 nitrogen and oxygen atoms in total. The van der Waals surface area contributed by atoms with Crippen molar-refractivity contribution in [3.05, 3.63) is 34.3 Å². The summed E-state index contributed by atoms with van der Waals surface area (Å²) in [6, 6.07) is -0.113. The molecule has 0 aromatic carbocycles. The molecule has 0 fully saturated rings. The van der Waals surface area contributed by atoms with Crippen LogP contribution in [0.1, 0.15) is 36.5 Å². The maximum Gasteiger partial charge on any atom is 0.330 e. The van der Waals surface area contributed by atoms with Crippen LogP contribution in [-0.4, -0.2) is 23.5 Å². The van der Waals surface area contributed by atoms with E-state index < -0.39 is 5.97 Å². The zero-order chi connectivity index (χ0) is 14.4. The molecular formula is C14H16N2O3S. The molecule has 1 atom stereocenters. The van der Waals surface area contributed by atoms with Gasteiger partial charge in [-0.3, -0.25) is 4.79 Å². The normalized spacial score (nSPS) is 23.9. The number of rotatable bonds is 0. The number of nitrogens with one attached hydrogen (secondary N) is 1. The summed E-state index contributed by atoms with van der Waals surface area (Å²) < 4.78 is 4.97. The fourth-order valence-electron chi connectivity index (χ4n) is 1.69. The van der Waals surface area contributed by atoms with Gasteiger partial charge in [-0.1, -0.05) is 12.2 Å². The fourth-order valence-corrected chi connectivity index (χ4v) is 2.49. The highest BCUT2D eigenvalue weighted by molar-refractivity contribution is 7.09. The number of amides is 1. The van der Waals surface area contributed by atoms with Gasteiger partial charge in [0.2, 0.25) is 5.91 Å². The SMILES string of the molecule is CC1NC(=O)CCCOC(=O)/C=C/C=C\c2csc1n2. The molecule has 20 heavy (non-hydrogen) atoms. The first-order valence-electron chi connectivity index (χ1n) is 6.41. The van der Waals surface area contributed by atoms with Crippen LogP contribution in [0.25, 0.3) is 6.08 Å². The summed E-state index contributed by atoms with van der Waals surface area (Å²) >= 11 is 1.50. The third-order valence-corrected chi connectivity index (χ3v) is 3.74. The number of carbonyl (C=O) groups excluding carboxylic acids is 2. The zero-order valence-corrected chi connectivity index (χ0v) is 12.0. The molecule has 0 saturated heterocycles. The summed E-state index contributed by atoms with van der Waals surface area (Å²) in [6.07, 6.45) is 7.36. The third-order valence-electron chi connectivity index (χ3n) is 2.69. The molecule has 1 aliphatic heterocycles. The Bertz CT molecular complexity index is 548. The summed E-state index contributed by atoms with van der Waals surface area (Å²) in [5.41, 5.74) is 0.805. The van der Waals surface area contributed by atoms with Crippen molar-refractivity contribution in [3.8, 4) is 0 Å². The molecule has 2 bridgehead atoms. The van der Waals surface area contributed by atoms with E-state index in [2.05, 4.69) is 10.3 Å². The third kappa shape index (κ3) is 4.31. The average molecular weight is 292 g/mol. The molecule has 2 heterocycles. The van der Waals surface area contributed by atoms with Gasteiger partial charge in [0.15, 0.2) is 0 Å².